The topological polar surface area (TPSA) is 74.2 Å². The van der Waals surface area contributed by atoms with E-state index in [2.05, 4.69) is 15.8 Å². The molecule has 1 aliphatic rings. The minimum absolute atomic E-state index is 0.0209. The van der Waals surface area contributed by atoms with Gasteiger partial charge in [0.05, 0.1) is 11.6 Å². The summed E-state index contributed by atoms with van der Waals surface area (Å²) in [4.78, 5) is 16.1. The Morgan fingerprint density at radius 2 is 1.86 bits per heavy atom. The number of hydrogen-bond acceptors (Lipinski definition) is 4. The van der Waals surface area contributed by atoms with Crippen molar-refractivity contribution in [2.45, 2.75) is 12.0 Å². The number of carbonyl (C=O) groups is 1. The summed E-state index contributed by atoms with van der Waals surface area (Å²) >= 11 is 0. The minimum atomic E-state index is -1.06. The quantitative estimate of drug-likeness (QED) is 0.461. The maximum Gasteiger partial charge on any atom is 0.354 e. The van der Waals surface area contributed by atoms with E-state index in [4.69, 9.17) is 0 Å². The van der Waals surface area contributed by atoms with Gasteiger partial charge in [0.15, 0.2) is 0 Å². The van der Waals surface area contributed by atoms with Gasteiger partial charge in [-0.25, -0.2) is 19.6 Å². The predicted octanol–water partition coefficient (Wildman–Crippen LogP) is 4.16. The predicted molar refractivity (Wildman–Crippen MR) is 109 cm³/mol. The third-order valence-electron chi connectivity index (χ3n) is 5.56. The van der Waals surface area contributed by atoms with Crippen LogP contribution in [-0.4, -0.2) is 22.6 Å². The number of hydrazine groups is 1. The van der Waals surface area contributed by atoms with Crippen molar-refractivity contribution >= 4 is 27.6 Å². The standard InChI is InChI=1S/C23H18FN3O2/c24-15-8-5-14(6-9-15)22-18(12-25-27-22)17-11-20(23(28)29)26-19-10-7-13-3-1-2-4-16(13)21(17)19/h1-11,18,22,25,27H,12H2,(H,28,29). The molecule has 2 unspecified atom stereocenters. The van der Waals surface area contributed by atoms with Crippen LogP contribution in [0.1, 0.15) is 33.6 Å². The monoisotopic (exact) mass is 387 g/mol. The van der Waals surface area contributed by atoms with Crippen molar-refractivity contribution in [3.63, 3.8) is 0 Å². The van der Waals surface area contributed by atoms with E-state index < -0.39 is 5.97 Å². The molecule has 0 amide bonds. The largest absolute Gasteiger partial charge is 0.477 e. The van der Waals surface area contributed by atoms with Crippen LogP contribution in [0, 0.1) is 5.82 Å². The van der Waals surface area contributed by atoms with Gasteiger partial charge < -0.3 is 5.11 Å². The zero-order valence-electron chi connectivity index (χ0n) is 15.4. The van der Waals surface area contributed by atoms with E-state index in [1.165, 1.54) is 12.1 Å². The Balaban J connectivity index is 1.76. The van der Waals surface area contributed by atoms with Crippen LogP contribution in [0.5, 0.6) is 0 Å². The first-order valence-corrected chi connectivity index (χ1v) is 9.41. The van der Waals surface area contributed by atoms with Crippen molar-refractivity contribution in [1.82, 2.24) is 15.8 Å². The zero-order chi connectivity index (χ0) is 20.0. The first-order valence-electron chi connectivity index (χ1n) is 9.41. The number of aromatic carboxylic acids is 1. The van der Waals surface area contributed by atoms with Crippen LogP contribution in [0.2, 0.25) is 0 Å². The van der Waals surface area contributed by atoms with Crippen LogP contribution in [0.4, 0.5) is 4.39 Å². The Labute approximate surface area is 166 Å². The number of pyridine rings is 1. The van der Waals surface area contributed by atoms with Crippen molar-refractivity contribution < 1.29 is 14.3 Å². The lowest BCUT2D eigenvalue weighted by molar-refractivity contribution is 0.0690. The molecule has 1 aliphatic heterocycles. The second-order valence-corrected chi connectivity index (χ2v) is 7.24. The van der Waals surface area contributed by atoms with Crippen molar-refractivity contribution in [2.75, 3.05) is 6.54 Å². The van der Waals surface area contributed by atoms with E-state index in [1.807, 2.05) is 36.4 Å². The first-order chi connectivity index (χ1) is 14.1. The molecule has 0 radical (unpaired) electrons. The highest BCUT2D eigenvalue weighted by atomic mass is 19.1. The molecular formula is C23H18FN3O2. The van der Waals surface area contributed by atoms with Crippen LogP contribution in [0.3, 0.4) is 0 Å². The molecule has 4 aromatic rings. The van der Waals surface area contributed by atoms with E-state index in [-0.39, 0.29) is 23.5 Å². The molecule has 0 saturated carbocycles. The molecule has 0 aliphatic carbocycles. The molecular weight excluding hydrogens is 369 g/mol. The van der Waals surface area contributed by atoms with Gasteiger partial charge in [-0.2, -0.15) is 0 Å². The van der Waals surface area contributed by atoms with Gasteiger partial charge in [0.1, 0.15) is 11.5 Å². The summed E-state index contributed by atoms with van der Waals surface area (Å²) in [5.74, 6) is -1.39. The number of nitrogens with zero attached hydrogens (tertiary/aromatic N) is 1. The number of hydrogen-bond donors (Lipinski definition) is 3. The smallest absolute Gasteiger partial charge is 0.354 e. The van der Waals surface area contributed by atoms with Gasteiger partial charge in [0.2, 0.25) is 0 Å². The Morgan fingerprint density at radius 1 is 1.07 bits per heavy atom. The molecule has 1 fully saturated rings. The van der Waals surface area contributed by atoms with Gasteiger partial charge in [0, 0.05) is 17.8 Å². The number of carboxylic acids is 1. The molecule has 29 heavy (non-hydrogen) atoms. The highest BCUT2D eigenvalue weighted by Crippen LogP contribution is 2.39. The minimum Gasteiger partial charge on any atom is -0.477 e. The van der Waals surface area contributed by atoms with Crippen LogP contribution in [0.15, 0.2) is 66.7 Å². The zero-order valence-corrected chi connectivity index (χ0v) is 15.4. The van der Waals surface area contributed by atoms with Crippen molar-refractivity contribution in [3.8, 4) is 0 Å². The fourth-order valence-corrected chi connectivity index (χ4v) is 4.21. The van der Waals surface area contributed by atoms with Gasteiger partial charge >= 0.3 is 5.97 Å². The van der Waals surface area contributed by atoms with Gasteiger partial charge in [-0.3, -0.25) is 5.43 Å². The normalized spacial score (nSPS) is 19.1. The number of halogens is 1. The van der Waals surface area contributed by atoms with Crippen molar-refractivity contribution in [3.05, 3.63) is 89.4 Å². The number of nitrogens with one attached hydrogen (secondary N) is 2. The number of benzene rings is 3. The van der Waals surface area contributed by atoms with E-state index in [0.717, 1.165) is 27.3 Å². The Morgan fingerprint density at radius 3 is 2.66 bits per heavy atom. The number of rotatable bonds is 3. The van der Waals surface area contributed by atoms with Crippen LogP contribution >= 0.6 is 0 Å². The van der Waals surface area contributed by atoms with Crippen molar-refractivity contribution in [1.29, 1.82) is 0 Å². The van der Waals surface area contributed by atoms with Gasteiger partial charge in [0.25, 0.3) is 0 Å². The Kier molecular flexibility index (Phi) is 4.23. The summed E-state index contributed by atoms with van der Waals surface area (Å²) in [6, 6.07) is 19.8. The van der Waals surface area contributed by atoms with E-state index in [9.17, 15) is 14.3 Å². The molecule has 144 valence electrons. The maximum atomic E-state index is 13.4. The molecule has 0 spiro atoms. The lowest BCUT2D eigenvalue weighted by atomic mass is 9.85. The number of fused-ring (bicyclic) bond motifs is 3. The fraction of sp³-hybridized carbons (Fsp3) is 0.130. The summed E-state index contributed by atoms with van der Waals surface area (Å²) in [5, 5.41) is 12.7. The maximum absolute atomic E-state index is 13.4. The van der Waals surface area contributed by atoms with Gasteiger partial charge in [-0.1, -0.05) is 42.5 Å². The molecule has 5 rings (SSSR count). The summed E-state index contributed by atoms with van der Waals surface area (Å²) in [6.07, 6.45) is 0. The molecule has 1 aromatic heterocycles. The SMILES string of the molecule is O=C(O)c1cc(C2CNNC2c2ccc(F)cc2)c2c(ccc3ccccc32)n1. The molecule has 6 heteroatoms. The summed E-state index contributed by atoms with van der Waals surface area (Å²) in [5.41, 5.74) is 8.97. The molecule has 2 atom stereocenters. The summed E-state index contributed by atoms with van der Waals surface area (Å²) in [7, 11) is 0. The average molecular weight is 387 g/mol. The molecule has 3 N–H and O–H groups in total. The molecule has 5 nitrogen and oxygen atoms in total. The van der Waals surface area contributed by atoms with E-state index in [0.29, 0.717) is 12.1 Å². The van der Waals surface area contributed by atoms with E-state index in [1.54, 1.807) is 18.2 Å². The molecule has 3 aromatic carbocycles. The van der Waals surface area contributed by atoms with Gasteiger partial charge in [-0.05, 0) is 46.2 Å². The lowest BCUT2D eigenvalue weighted by Crippen LogP contribution is -2.24. The molecule has 0 bridgehead atoms. The number of carboxylic acid groups (broad SMARTS) is 1. The first kappa shape index (κ1) is 17.7. The van der Waals surface area contributed by atoms with Crippen molar-refractivity contribution in [2.24, 2.45) is 0 Å². The third kappa shape index (κ3) is 3.03. The highest BCUT2D eigenvalue weighted by molar-refractivity contribution is 6.09. The summed E-state index contributed by atoms with van der Waals surface area (Å²) in [6.45, 7) is 0.615. The highest BCUT2D eigenvalue weighted by Gasteiger charge is 2.32. The lowest BCUT2D eigenvalue weighted by Gasteiger charge is -2.22. The van der Waals surface area contributed by atoms with Gasteiger partial charge in [-0.15, -0.1) is 0 Å². The fourth-order valence-electron chi connectivity index (χ4n) is 4.21. The number of aromatic nitrogens is 1. The van der Waals surface area contributed by atoms with Crippen LogP contribution in [-0.2, 0) is 0 Å². The second kappa shape index (κ2) is 6.92. The Hall–Kier alpha value is -3.35. The summed E-state index contributed by atoms with van der Waals surface area (Å²) < 4.78 is 13.4. The molecule has 2 heterocycles. The molecule has 1 saturated heterocycles. The van der Waals surface area contributed by atoms with E-state index >= 15 is 0 Å². The van der Waals surface area contributed by atoms with Crippen LogP contribution < -0.4 is 10.9 Å². The van der Waals surface area contributed by atoms with Crippen LogP contribution in [0.25, 0.3) is 21.7 Å². The Bertz CT molecular complexity index is 1240. The third-order valence-corrected chi connectivity index (χ3v) is 5.56. The average Bonchev–Trinajstić information content (AvgIpc) is 3.23. The second-order valence-electron chi connectivity index (χ2n) is 7.24.